The number of nitro groups is 1. The van der Waals surface area contributed by atoms with Crippen LogP contribution in [0.15, 0.2) is 47.5 Å². The van der Waals surface area contributed by atoms with Gasteiger partial charge in [-0.3, -0.25) is 14.9 Å². The second-order valence-electron chi connectivity index (χ2n) is 5.29. The molecule has 0 aliphatic rings. The first-order chi connectivity index (χ1) is 12.5. The number of hydrogen-bond acceptors (Lipinski definition) is 5. The van der Waals surface area contributed by atoms with Crippen molar-refractivity contribution >= 4 is 44.7 Å². The van der Waals surface area contributed by atoms with E-state index >= 15 is 0 Å². The zero-order chi connectivity index (χ0) is 18.7. The molecule has 0 aliphatic carbocycles. The smallest absolute Gasteiger partial charge is 0.286 e. The molecule has 7 nitrogen and oxygen atoms in total. The van der Waals surface area contributed by atoms with Crippen molar-refractivity contribution in [3.8, 4) is 5.75 Å². The van der Waals surface area contributed by atoms with Gasteiger partial charge in [-0.1, -0.05) is 22.9 Å². The Kier molecular flexibility index (Phi) is 5.34. The first kappa shape index (κ1) is 18.1. The highest BCUT2D eigenvalue weighted by molar-refractivity contribution is 7.16. The van der Waals surface area contributed by atoms with Crippen LogP contribution in [-0.2, 0) is 11.3 Å². The lowest BCUT2D eigenvalue weighted by atomic mass is 10.3. The van der Waals surface area contributed by atoms with Gasteiger partial charge in [-0.25, -0.2) is 0 Å². The number of rotatable bonds is 5. The number of nitro benzene ring substituents is 1. The minimum absolute atomic E-state index is 0.00134. The van der Waals surface area contributed by atoms with Gasteiger partial charge in [-0.15, -0.1) is 0 Å². The van der Waals surface area contributed by atoms with Crippen LogP contribution in [0.2, 0.25) is 5.02 Å². The number of carbonyl (C=O) groups is 1. The maximum absolute atomic E-state index is 12.1. The van der Waals surface area contributed by atoms with Crippen molar-refractivity contribution in [3.05, 3.63) is 62.4 Å². The zero-order valence-electron chi connectivity index (χ0n) is 13.7. The van der Waals surface area contributed by atoms with Gasteiger partial charge in [0.2, 0.25) is 0 Å². The molecule has 0 saturated carbocycles. The van der Waals surface area contributed by atoms with Crippen LogP contribution in [0.25, 0.3) is 10.2 Å². The molecule has 1 aromatic heterocycles. The molecule has 0 atom stereocenters. The molecule has 0 radical (unpaired) electrons. The van der Waals surface area contributed by atoms with Gasteiger partial charge < -0.3 is 9.30 Å². The number of aryl methyl sites for hydroxylation is 1. The van der Waals surface area contributed by atoms with Crippen molar-refractivity contribution in [3.63, 3.8) is 0 Å². The number of hydrogen-bond donors (Lipinski definition) is 0. The minimum Gasteiger partial charge on any atom is -0.484 e. The van der Waals surface area contributed by atoms with Gasteiger partial charge in [0.25, 0.3) is 11.6 Å². The van der Waals surface area contributed by atoms with Crippen molar-refractivity contribution in [2.24, 2.45) is 4.99 Å². The molecule has 0 unspecified atom stereocenters. The number of halogens is 1. The third-order valence-electron chi connectivity index (χ3n) is 3.59. The molecular formula is C17H14ClN3O4S. The summed E-state index contributed by atoms with van der Waals surface area (Å²) in [4.78, 5) is 27.2. The molecule has 2 aromatic carbocycles. The largest absolute Gasteiger partial charge is 0.484 e. The van der Waals surface area contributed by atoms with Gasteiger partial charge >= 0.3 is 0 Å². The summed E-state index contributed by atoms with van der Waals surface area (Å²) in [6, 6.07) is 11.3. The highest BCUT2D eigenvalue weighted by Crippen LogP contribution is 2.23. The number of benzene rings is 2. The average molecular weight is 392 g/mol. The molecule has 1 heterocycles. The Hall–Kier alpha value is -2.71. The van der Waals surface area contributed by atoms with Crippen LogP contribution in [0.5, 0.6) is 5.75 Å². The molecule has 0 aliphatic heterocycles. The fraction of sp³-hybridized carbons (Fsp3) is 0.176. The molecule has 0 fully saturated rings. The Morgan fingerprint density at radius 3 is 2.69 bits per heavy atom. The maximum Gasteiger partial charge on any atom is 0.286 e. The van der Waals surface area contributed by atoms with E-state index in [0.717, 1.165) is 4.70 Å². The molecule has 26 heavy (non-hydrogen) atoms. The summed E-state index contributed by atoms with van der Waals surface area (Å²) >= 11 is 7.10. The third-order valence-corrected chi connectivity index (χ3v) is 4.90. The summed E-state index contributed by atoms with van der Waals surface area (Å²) in [6.07, 6.45) is 0. The van der Waals surface area contributed by atoms with Gasteiger partial charge in [-0.05, 0) is 37.3 Å². The summed E-state index contributed by atoms with van der Waals surface area (Å²) in [5.74, 6) is 0.0801. The van der Waals surface area contributed by atoms with E-state index in [-0.39, 0.29) is 12.3 Å². The van der Waals surface area contributed by atoms with Crippen LogP contribution in [0.4, 0.5) is 5.69 Å². The minimum atomic E-state index is -0.445. The molecule has 134 valence electrons. The monoisotopic (exact) mass is 391 g/mol. The second kappa shape index (κ2) is 7.67. The predicted octanol–water partition coefficient (Wildman–Crippen LogP) is 3.79. The number of fused-ring (bicyclic) bond motifs is 1. The Bertz CT molecular complexity index is 1040. The number of nitrogens with zero attached hydrogens (tertiary/aromatic N) is 3. The molecular weight excluding hydrogens is 378 g/mol. The quantitative estimate of drug-likeness (QED) is 0.489. The van der Waals surface area contributed by atoms with Crippen molar-refractivity contribution < 1.29 is 14.5 Å². The van der Waals surface area contributed by atoms with Crippen LogP contribution in [0.1, 0.15) is 6.92 Å². The van der Waals surface area contributed by atoms with E-state index in [1.807, 2.05) is 6.92 Å². The van der Waals surface area contributed by atoms with E-state index in [1.54, 1.807) is 34.9 Å². The van der Waals surface area contributed by atoms with E-state index in [0.29, 0.717) is 27.6 Å². The molecule has 9 heteroatoms. The summed E-state index contributed by atoms with van der Waals surface area (Å²) < 4.78 is 7.99. The summed E-state index contributed by atoms with van der Waals surface area (Å²) in [5.41, 5.74) is 0.679. The summed E-state index contributed by atoms with van der Waals surface area (Å²) in [7, 11) is 0. The first-order valence-corrected chi connectivity index (χ1v) is 8.91. The molecule has 0 spiro atoms. The normalized spacial score (nSPS) is 11.7. The van der Waals surface area contributed by atoms with E-state index < -0.39 is 10.8 Å². The van der Waals surface area contributed by atoms with Gasteiger partial charge in [0.05, 0.1) is 15.1 Å². The zero-order valence-corrected chi connectivity index (χ0v) is 15.3. The van der Waals surface area contributed by atoms with Gasteiger partial charge in [0.1, 0.15) is 5.75 Å². The standard InChI is InChI=1S/C17H14ClN3O4S/c1-2-20-14-9-12(21(23)24)5-8-15(14)26-17(20)19-16(22)10-25-13-6-3-11(18)4-7-13/h3-9H,2,10H2,1H3. The van der Waals surface area contributed by atoms with Crippen LogP contribution >= 0.6 is 22.9 Å². The number of carbonyl (C=O) groups excluding carboxylic acids is 1. The number of non-ortho nitro benzene ring substituents is 1. The Labute approximate surface area is 157 Å². The summed E-state index contributed by atoms with van der Waals surface area (Å²) in [5, 5.41) is 11.5. The number of thiazole rings is 1. The van der Waals surface area contributed by atoms with Gasteiger partial charge in [-0.2, -0.15) is 4.99 Å². The lowest BCUT2D eigenvalue weighted by Gasteiger charge is -2.03. The Morgan fingerprint density at radius 2 is 2.04 bits per heavy atom. The number of ether oxygens (including phenoxy) is 1. The van der Waals surface area contributed by atoms with E-state index in [4.69, 9.17) is 16.3 Å². The van der Waals surface area contributed by atoms with Crippen LogP contribution in [0, 0.1) is 10.1 Å². The highest BCUT2D eigenvalue weighted by atomic mass is 35.5. The van der Waals surface area contributed by atoms with Crippen LogP contribution in [-0.4, -0.2) is 22.0 Å². The highest BCUT2D eigenvalue weighted by Gasteiger charge is 2.12. The number of amides is 1. The SMILES string of the molecule is CCn1c(=NC(=O)COc2ccc(Cl)cc2)sc2ccc([N+](=O)[O-])cc21. The lowest BCUT2D eigenvalue weighted by Crippen LogP contribution is -2.18. The topological polar surface area (TPSA) is 86.7 Å². The van der Waals surface area contributed by atoms with Crippen molar-refractivity contribution in [2.75, 3.05) is 6.61 Å². The average Bonchev–Trinajstić information content (AvgIpc) is 2.97. The molecule has 0 saturated heterocycles. The Morgan fingerprint density at radius 1 is 1.31 bits per heavy atom. The predicted molar refractivity (Wildman–Crippen MR) is 99.7 cm³/mol. The molecule has 0 bridgehead atoms. The molecule has 0 N–H and O–H groups in total. The maximum atomic E-state index is 12.1. The van der Waals surface area contributed by atoms with E-state index in [2.05, 4.69) is 4.99 Å². The fourth-order valence-corrected chi connectivity index (χ4v) is 3.59. The lowest BCUT2D eigenvalue weighted by molar-refractivity contribution is -0.384. The van der Waals surface area contributed by atoms with E-state index in [9.17, 15) is 14.9 Å². The van der Waals surface area contributed by atoms with Crippen molar-refractivity contribution in [1.29, 1.82) is 0 Å². The summed E-state index contributed by atoms with van der Waals surface area (Å²) in [6.45, 7) is 2.21. The molecule has 3 rings (SSSR count). The van der Waals surface area contributed by atoms with Crippen LogP contribution in [0.3, 0.4) is 0 Å². The van der Waals surface area contributed by atoms with Crippen molar-refractivity contribution in [2.45, 2.75) is 13.5 Å². The van der Waals surface area contributed by atoms with Crippen molar-refractivity contribution in [1.82, 2.24) is 4.57 Å². The van der Waals surface area contributed by atoms with Gasteiger partial charge in [0, 0.05) is 23.7 Å². The van der Waals surface area contributed by atoms with E-state index in [1.165, 1.54) is 23.5 Å². The number of aromatic nitrogens is 1. The van der Waals surface area contributed by atoms with Gasteiger partial charge in [0.15, 0.2) is 11.4 Å². The fourth-order valence-electron chi connectivity index (χ4n) is 2.38. The van der Waals surface area contributed by atoms with Crippen LogP contribution < -0.4 is 9.54 Å². The Balaban J connectivity index is 1.87. The third kappa shape index (κ3) is 3.92. The molecule has 3 aromatic rings. The molecule has 1 amide bonds. The second-order valence-corrected chi connectivity index (χ2v) is 6.73. The first-order valence-electron chi connectivity index (χ1n) is 7.71.